The van der Waals surface area contributed by atoms with E-state index < -0.39 is 0 Å². The highest BCUT2D eigenvalue weighted by atomic mass is 16.5. The van der Waals surface area contributed by atoms with Crippen LogP contribution in [0, 0.1) is 12.8 Å². The Morgan fingerprint density at radius 1 is 1.38 bits per heavy atom. The van der Waals surface area contributed by atoms with Crippen LogP contribution in [0.3, 0.4) is 0 Å². The third kappa shape index (κ3) is 3.57. The van der Waals surface area contributed by atoms with Crippen LogP contribution in [0.25, 0.3) is 10.9 Å². The number of fused-ring (bicyclic) bond motifs is 1. The van der Waals surface area contributed by atoms with E-state index in [0.29, 0.717) is 19.6 Å². The molecule has 1 aromatic heterocycles. The zero-order valence-corrected chi connectivity index (χ0v) is 14.3. The van der Waals surface area contributed by atoms with Crippen molar-refractivity contribution in [3.8, 4) is 0 Å². The Labute approximate surface area is 142 Å². The lowest BCUT2D eigenvalue weighted by atomic mass is 9.98. The first kappa shape index (κ1) is 16.9. The number of nitrogens with zero attached hydrogens (tertiary/aromatic N) is 2. The average Bonchev–Trinajstić information content (AvgIpc) is 2.91. The van der Waals surface area contributed by atoms with Gasteiger partial charge in [0.1, 0.15) is 0 Å². The summed E-state index contributed by atoms with van der Waals surface area (Å²) in [6.07, 6.45) is 1.26. The Kier molecular flexibility index (Phi) is 5.11. The Bertz CT molecular complexity index is 745. The number of aryl methyl sites for hydroxylation is 1. The summed E-state index contributed by atoms with van der Waals surface area (Å²) >= 11 is 0. The predicted octanol–water partition coefficient (Wildman–Crippen LogP) is 2.07. The molecule has 0 unspecified atom stereocenters. The van der Waals surface area contributed by atoms with E-state index in [1.807, 2.05) is 30.0 Å². The van der Waals surface area contributed by atoms with Gasteiger partial charge in [-0.2, -0.15) is 0 Å². The van der Waals surface area contributed by atoms with Gasteiger partial charge in [0.2, 0.25) is 5.91 Å². The number of methoxy groups -OCH3 is 1. The van der Waals surface area contributed by atoms with E-state index in [9.17, 15) is 9.90 Å². The van der Waals surface area contributed by atoms with Crippen LogP contribution < -0.4 is 0 Å². The van der Waals surface area contributed by atoms with E-state index in [1.54, 1.807) is 7.11 Å². The number of hydrogen-bond acceptors (Lipinski definition) is 4. The zero-order chi connectivity index (χ0) is 17.1. The van der Waals surface area contributed by atoms with Crippen molar-refractivity contribution in [3.05, 3.63) is 41.1 Å². The molecule has 1 aromatic carbocycles. The van der Waals surface area contributed by atoms with Gasteiger partial charge < -0.3 is 14.7 Å². The van der Waals surface area contributed by atoms with Crippen LogP contribution in [-0.4, -0.2) is 47.7 Å². The smallest absolute Gasteiger partial charge is 0.223 e. The van der Waals surface area contributed by atoms with Crippen molar-refractivity contribution >= 4 is 16.8 Å². The monoisotopic (exact) mass is 328 g/mol. The van der Waals surface area contributed by atoms with Crippen molar-refractivity contribution in [2.45, 2.75) is 26.4 Å². The SMILES string of the molecule is COCCN1C[C@@H](Cc2nc3cc(C)ccc3cc2CO)CC1=O. The lowest BCUT2D eigenvalue weighted by Gasteiger charge is -2.16. The number of pyridine rings is 1. The van der Waals surface area contributed by atoms with Gasteiger partial charge in [-0.3, -0.25) is 9.78 Å². The number of likely N-dealkylation sites (tertiary alicyclic amines) is 1. The van der Waals surface area contributed by atoms with E-state index in [1.165, 1.54) is 5.56 Å². The number of ether oxygens (including phenoxy) is 1. The maximum absolute atomic E-state index is 12.1. The minimum absolute atomic E-state index is 0.0276. The number of benzene rings is 1. The molecule has 0 bridgehead atoms. The number of carbonyl (C=O) groups excluding carboxylic acids is 1. The lowest BCUT2D eigenvalue weighted by Crippen LogP contribution is -2.29. The molecule has 1 aliphatic rings. The Balaban J connectivity index is 1.80. The van der Waals surface area contributed by atoms with Crippen molar-refractivity contribution < 1.29 is 14.6 Å². The number of aliphatic hydroxyl groups excluding tert-OH is 1. The van der Waals surface area contributed by atoms with E-state index >= 15 is 0 Å². The minimum atomic E-state index is -0.0276. The van der Waals surface area contributed by atoms with Gasteiger partial charge in [0.15, 0.2) is 0 Å². The molecular weight excluding hydrogens is 304 g/mol. The molecule has 0 saturated carbocycles. The fourth-order valence-electron chi connectivity index (χ4n) is 3.36. The standard InChI is InChI=1S/C19H24N2O3/c1-13-3-4-15-10-16(12-22)18(20-17(15)7-13)8-14-9-19(23)21(11-14)5-6-24-2/h3-4,7,10,14,22H,5-6,8-9,11-12H2,1-2H3/t14-/m0/s1. The number of hydrogen-bond donors (Lipinski definition) is 1. The summed E-state index contributed by atoms with van der Waals surface area (Å²) in [7, 11) is 1.65. The molecule has 0 radical (unpaired) electrons. The van der Waals surface area contributed by atoms with Crippen LogP contribution in [0.15, 0.2) is 24.3 Å². The van der Waals surface area contributed by atoms with E-state index in [0.717, 1.165) is 35.1 Å². The summed E-state index contributed by atoms with van der Waals surface area (Å²) in [5, 5.41) is 10.7. The van der Waals surface area contributed by atoms with Crippen molar-refractivity contribution in [3.63, 3.8) is 0 Å². The summed E-state index contributed by atoms with van der Waals surface area (Å²) in [6.45, 7) is 3.96. The van der Waals surface area contributed by atoms with Gasteiger partial charge in [0.25, 0.3) is 0 Å². The third-order valence-electron chi connectivity index (χ3n) is 4.65. The molecule has 1 aliphatic heterocycles. The van der Waals surface area contributed by atoms with Crippen molar-refractivity contribution in [2.24, 2.45) is 5.92 Å². The highest BCUT2D eigenvalue weighted by Crippen LogP contribution is 2.25. The zero-order valence-electron chi connectivity index (χ0n) is 14.3. The molecule has 1 amide bonds. The highest BCUT2D eigenvalue weighted by Gasteiger charge is 2.30. The Hall–Kier alpha value is -1.98. The minimum Gasteiger partial charge on any atom is -0.392 e. The van der Waals surface area contributed by atoms with Gasteiger partial charge in [0.05, 0.1) is 18.7 Å². The number of aliphatic hydroxyl groups is 1. The van der Waals surface area contributed by atoms with E-state index in [2.05, 4.69) is 6.07 Å². The second-order valence-electron chi connectivity index (χ2n) is 6.56. The van der Waals surface area contributed by atoms with Crippen molar-refractivity contribution in [1.82, 2.24) is 9.88 Å². The molecular formula is C19H24N2O3. The van der Waals surface area contributed by atoms with Gasteiger partial charge in [-0.05, 0) is 42.5 Å². The molecule has 1 saturated heterocycles. The maximum atomic E-state index is 12.1. The van der Waals surface area contributed by atoms with Crippen molar-refractivity contribution in [1.29, 1.82) is 0 Å². The molecule has 3 rings (SSSR count). The van der Waals surface area contributed by atoms with Crippen LogP contribution in [0.5, 0.6) is 0 Å². The molecule has 5 nitrogen and oxygen atoms in total. The quantitative estimate of drug-likeness (QED) is 0.882. The average molecular weight is 328 g/mol. The Morgan fingerprint density at radius 3 is 2.96 bits per heavy atom. The first-order valence-corrected chi connectivity index (χ1v) is 8.37. The molecule has 2 heterocycles. The summed E-state index contributed by atoms with van der Waals surface area (Å²) in [5.74, 6) is 0.425. The maximum Gasteiger partial charge on any atom is 0.223 e. The molecule has 2 aromatic rings. The van der Waals surface area contributed by atoms with Gasteiger partial charge in [-0.15, -0.1) is 0 Å². The second-order valence-corrected chi connectivity index (χ2v) is 6.56. The predicted molar refractivity (Wildman–Crippen MR) is 92.7 cm³/mol. The summed E-state index contributed by atoms with van der Waals surface area (Å²) in [5.41, 5.74) is 3.87. The molecule has 1 atom stereocenters. The van der Waals surface area contributed by atoms with Crippen LogP contribution in [-0.2, 0) is 22.6 Å². The number of aromatic nitrogens is 1. The largest absolute Gasteiger partial charge is 0.392 e. The van der Waals surface area contributed by atoms with Crippen LogP contribution in [0.4, 0.5) is 0 Å². The molecule has 1 N–H and O–H groups in total. The van der Waals surface area contributed by atoms with Gasteiger partial charge in [0, 0.05) is 37.7 Å². The van der Waals surface area contributed by atoms with Crippen molar-refractivity contribution in [2.75, 3.05) is 26.8 Å². The summed E-state index contributed by atoms with van der Waals surface area (Å²) < 4.78 is 5.06. The number of carbonyl (C=O) groups is 1. The molecule has 128 valence electrons. The Morgan fingerprint density at radius 2 is 2.21 bits per heavy atom. The number of amides is 1. The summed E-state index contributed by atoms with van der Waals surface area (Å²) in [6, 6.07) is 8.15. The van der Waals surface area contributed by atoms with Gasteiger partial charge in [-0.25, -0.2) is 0 Å². The highest BCUT2D eigenvalue weighted by molar-refractivity contribution is 5.80. The number of rotatable bonds is 6. The molecule has 5 heteroatoms. The fourth-order valence-corrected chi connectivity index (χ4v) is 3.36. The van der Waals surface area contributed by atoms with E-state index in [-0.39, 0.29) is 18.4 Å². The second kappa shape index (κ2) is 7.28. The summed E-state index contributed by atoms with van der Waals surface area (Å²) in [4.78, 5) is 18.7. The topological polar surface area (TPSA) is 62.7 Å². The van der Waals surface area contributed by atoms with Crippen LogP contribution >= 0.6 is 0 Å². The van der Waals surface area contributed by atoms with Gasteiger partial charge in [-0.1, -0.05) is 12.1 Å². The van der Waals surface area contributed by atoms with Crippen LogP contribution in [0.2, 0.25) is 0 Å². The molecule has 24 heavy (non-hydrogen) atoms. The fraction of sp³-hybridized carbons (Fsp3) is 0.474. The molecule has 0 aliphatic carbocycles. The lowest BCUT2D eigenvalue weighted by molar-refractivity contribution is -0.128. The first-order chi connectivity index (χ1) is 11.6. The molecule has 0 spiro atoms. The first-order valence-electron chi connectivity index (χ1n) is 8.37. The van der Waals surface area contributed by atoms with E-state index in [4.69, 9.17) is 9.72 Å². The molecule has 1 fully saturated rings. The van der Waals surface area contributed by atoms with Gasteiger partial charge >= 0.3 is 0 Å². The van der Waals surface area contributed by atoms with Crippen LogP contribution in [0.1, 0.15) is 23.2 Å². The third-order valence-corrected chi connectivity index (χ3v) is 4.65. The normalized spacial score (nSPS) is 17.9.